The lowest BCUT2D eigenvalue weighted by molar-refractivity contribution is -0.143. The van der Waals surface area contributed by atoms with Crippen molar-refractivity contribution in [2.45, 2.75) is 124 Å². The number of benzene rings is 1. The molecule has 0 saturated carbocycles. The Kier molecular flexibility index (Phi) is 12.8. The molecule has 1 N–H and O–H groups in total. The van der Waals surface area contributed by atoms with E-state index in [-0.39, 0.29) is 11.4 Å². The largest absolute Gasteiger partial charge is 0.507 e. The second kappa shape index (κ2) is 14.5. The van der Waals surface area contributed by atoms with Crippen molar-refractivity contribution < 1.29 is 14.6 Å². The topological polar surface area (TPSA) is 46.5 Å². The molecular formula is C27H46O3. The Morgan fingerprint density at radius 1 is 0.867 bits per heavy atom. The van der Waals surface area contributed by atoms with Crippen LogP contribution in [0.25, 0.3) is 0 Å². The monoisotopic (exact) mass is 418 g/mol. The Balaban J connectivity index is 2.26. The zero-order valence-electron chi connectivity index (χ0n) is 20.3. The summed E-state index contributed by atoms with van der Waals surface area (Å²) in [5.74, 6) is 0.178. The van der Waals surface area contributed by atoms with E-state index in [0.717, 1.165) is 30.4 Å². The Bertz CT molecular complexity index is 613. The molecule has 1 aromatic carbocycles. The van der Waals surface area contributed by atoms with Gasteiger partial charge in [0.05, 0.1) is 6.61 Å². The highest BCUT2D eigenvalue weighted by atomic mass is 16.5. The number of rotatable bonds is 15. The summed E-state index contributed by atoms with van der Waals surface area (Å²) < 4.78 is 5.41. The Morgan fingerprint density at radius 2 is 1.40 bits per heavy atom. The van der Waals surface area contributed by atoms with E-state index in [9.17, 15) is 9.90 Å². The second-order valence-electron chi connectivity index (χ2n) is 9.65. The minimum atomic E-state index is -0.162. The van der Waals surface area contributed by atoms with Crippen LogP contribution in [0.2, 0.25) is 0 Å². The van der Waals surface area contributed by atoms with Gasteiger partial charge < -0.3 is 9.84 Å². The van der Waals surface area contributed by atoms with Crippen LogP contribution >= 0.6 is 0 Å². The lowest BCUT2D eigenvalue weighted by Crippen LogP contribution is -2.13. The van der Waals surface area contributed by atoms with E-state index < -0.39 is 0 Å². The number of ether oxygens (including phenoxy) is 1. The minimum absolute atomic E-state index is 0.0163. The maximum Gasteiger partial charge on any atom is 0.306 e. The molecule has 0 aliphatic heterocycles. The predicted octanol–water partition coefficient (Wildman–Crippen LogP) is 7.65. The van der Waals surface area contributed by atoms with Crippen LogP contribution < -0.4 is 0 Å². The van der Waals surface area contributed by atoms with Gasteiger partial charge in [-0.1, -0.05) is 105 Å². The van der Waals surface area contributed by atoms with E-state index in [2.05, 4.69) is 33.8 Å². The Hall–Kier alpha value is -1.51. The molecule has 0 saturated heterocycles. The lowest BCUT2D eigenvalue weighted by atomic mass is 9.84. The highest BCUT2D eigenvalue weighted by Gasteiger charge is 2.18. The van der Waals surface area contributed by atoms with Crippen LogP contribution in [0.15, 0.2) is 12.1 Å². The number of unbranched alkanes of at least 4 members (excludes halogenated alkanes) is 9. The molecule has 0 fully saturated rings. The number of carbonyl (C=O) groups excluding carboxylic acids is 1. The maximum atomic E-state index is 12.1. The molecule has 0 spiro atoms. The molecule has 0 atom stereocenters. The van der Waals surface area contributed by atoms with Gasteiger partial charge in [-0.25, -0.2) is 0 Å². The van der Waals surface area contributed by atoms with Crippen molar-refractivity contribution in [2.24, 2.45) is 0 Å². The molecule has 0 amide bonds. The third kappa shape index (κ3) is 10.5. The molecule has 30 heavy (non-hydrogen) atoms. The maximum absolute atomic E-state index is 12.1. The number of esters is 1. The van der Waals surface area contributed by atoms with Gasteiger partial charge in [0.2, 0.25) is 0 Å². The normalized spacial score (nSPS) is 11.6. The van der Waals surface area contributed by atoms with Gasteiger partial charge in [-0.05, 0) is 41.4 Å². The molecule has 0 unspecified atom stereocenters. The van der Waals surface area contributed by atoms with Crippen molar-refractivity contribution in [3.8, 4) is 5.75 Å². The van der Waals surface area contributed by atoms with Gasteiger partial charge in [0.1, 0.15) is 5.75 Å². The highest BCUT2D eigenvalue weighted by molar-refractivity contribution is 5.70. The summed E-state index contributed by atoms with van der Waals surface area (Å²) in [4.78, 5) is 12.1. The molecule has 1 aromatic rings. The number of aryl methyl sites for hydroxylation is 2. The fourth-order valence-corrected chi connectivity index (χ4v) is 3.74. The van der Waals surface area contributed by atoms with Crippen LogP contribution in [0.5, 0.6) is 5.75 Å². The summed E-state index contributed by atoms with van der Waals surface area (Å²) in [5.41, 5.74) is 3.03. The number of phenolic OH excluding ortho intramolecular Hbond substituents is 1. The van der Waals surface area contributed by atoms with Crippen molar-refractivity contribution in [3.05, 3.63) is 28.8 Å². The summed E-state index contributed by atoms with van der Waals surface area (Å²) in [6.07, 6.45) is 14.4. The molecule has 1 rings (SSSR count). The van der Waals surface area contributed by atoms with E-state index in [0.29, 0.717) is 25.2 Å². The van der Waals surface area contributed by atoms with Crippen molar-refractivity contribution in [2.75, 3.05) is 6.61 Å². The minimum Gasteiger partial charge on any atom is -0.507 e. The van der Waals surface area contributed by atoms with Crippen molar-refractivity contribution >= 4 is 5.97 Å². The van der Waals surface area contributed by atoms with E-state index in [4.69, 9.17) is 4.74 Å². The summed E-state index contributed by atoms with van der Waals surface area (Å²) >= 11 is 0. The molecule has 3 nitrogen and oxygen atoms in total. The molecule has 0 aliphatic carbocycles. The van der Waals surface area contributed by atoms with Crippen LogP contribution in [0.3, 0.4) is 0 Å². The smallest absolute Gasteiger partial charge is 0.306 e. The molecule has 0 radical (unpaired) electrons. The zero-order chi connectivity index (χ0) is 22.4. The molecular weight excluding hydrogens is 372 g/mol. The number of phenols is 1. The van der Waals surface area contributed by atoms with Gasteiger partial charge in [-0.15, -0.1) is 0 Å². The molecule has 0 bridgehead atoms. The Morgan fingerprint density at radius 3 is 1.93 bits per heavy atom. The first-order chi connectivity index (χ1) is 14.3. The first-order valence-corrected chi connectivity index (χ1v) is 12.3. The number of aromatic hydroxyl groups is 1. The number of carbonyl (C=O) groups is 1. The summed E-state index contributed by atoms with van der Waals surface area (Å²) in [6.45, 7) is 11.3. The van der Waals surface area contributed by atoms with E-state index in [1.807, 2.05) is 13.0 Å². The van der Waals surface area contributed by atoms with Gasteiger partial charge in [-0.2, -0.15) is 0 Å². The third-order valence-corrected chi connectivity index (χ3v) is 5.87. The molecule has 0 aromatic heterocycles. The molecule has 3 heteroatoms. The van der Waals surface area contributed by atoms with Crippen LogP contribution in [0, 0.1) is 0 Å². The quantitative estimate of drug-likeness (QED) is 0.235. The molecule has 172 valence electrons. The number of hydrogen-bond acceptors (Lipinski definition) is 3. The fourth-order valence-electron chi connectivity index (χ4n) is 3.74. The standard InChI is InChI=1S/C27H46O3/c1-6-8-9-10-11-12-13-14-15-16-19-30-25(28)18-17-23-21-24(27(3,4)5)20-22(7-2)26(23)29/h20-21,29H,6-19H2,1-5H3. The highest BCUT2D eigenvalue weighted by Crippen LogP contribution is 2.32. The van der Waals surface area contributed by atoms with Crippen LogP contribution in [-0.2, 0) is 27.8 Å². The Labute approximate surface area is 185 Å². The van der Waals surface area contributed by atoms with Crippen molar-refractivity contribution in [3.63, 3.8) is 0 Å². The first kappa shape index (κ1) is 26.5. The van der Waals surface area contributed by atoms with E-state index in [1.165, 1.54) is 56.9 Å². The molecule has 0 heterocycles. The van der Waals surface area contributed by atoms with Crippen LogP contribution in [0.4, 0.5) is 0 Å². The van der Waals surface area contributed by atoms with E-state index >= 15 is 0 Å². The SMILES string of the molecule is CCCCCCCCCCCCOC(=O)CCc1cc(C(C)(C)C)cc(CC)c1O. The second-order valence-corrected chi connectivity index (χ2v) is 9.65. The zero-order valence-corrected chi connectivity index (χ0v) is 20.3. The van der Waals surface area contributed by atoms with Crippen LogP contribution in [-0.4, -0.2) is 17.7 Å². The third-order valence-electron chi connectivity index (χ3n) is 5.87. The van der Waals surface area contributed by atoms with Gasteiger partial charge in [0.15, 0.2) is 0 Å². The molecule has 0 aliphatic rings. The van der Waals surface area contributed by atoms with Gasteiger partial charge in [-0.3, -0.25) is 4.79 Å². The summed E-state index contributed by atoms with van der Waals surface area (Å²) in [6, 6.07) is 4.13. The first-order valence-electron chi connectivity index (χ1n) is 12.3. The number of hydrogen-bond donors (Lipinski definition) is 1. The van der Waals surface area contributed by atoms with Gasteiger partial charge in [0, 0.05) is 6.42 Å². The average Bonchev–Trinajstić information content (AvgIpc) is 2.70. The van der Waals surface area contributed by atoms with Crippen molar-refractivity contribution in [1.29, 1.82) is 0 Å². The van der Waals surface area contributed by atoms with Gasteiger partial charge in [0.25, 0.3) is 0 Å². The van der Waals surface area contributed by atoms with E-state index in [1.54, 1.807) is 0 Å². The predicted molar refractivity (Wildman–Crippen MR) is 127 cm³/mol. The average molecular weight is 419 g/mol. The summed E-state index contributed by atoms with van der Waals surface area (Å²) in [7, 11) is 0. The fraction of sp³-hybridized carbons (Fsp3) is 0.741. The van der Waals surface area contributed by atoms with Gasteiger partial charge >= 0.3 is 5.97 Å². The summed E-state index contributed by atoms with van der Waals surface area (Å²) in [5, 5.41) is 10.5. The van der Waals surface area contributed by atoms with Crippen LogP contribution in [0.1, 0.15) is 122 Å². The lowest BCUT2D eigenvalue weighted by Gasteiger charge is -2.22. The van der Waals surface area contributed by atoms with Crippen molar-refractivity contribution in [1.82, 2.24) is 0 Å².